The summed E-state index contributed by atoms with van der Waals surface area (Å²) in [5.41, 5.74) is 0.737. The SMILES string of the molecule is C#CCn1c(=NC(=O)c2ccccc2C(=O)OC)sc2cc([N+](=O)[O-])ccc21. The quantitative estimate of drug-likeness (QED) is 0.292. The number of hydrogen-bond donors (Lipinski definition) is 0. The number of terminal acetylenes is 1. The minimum atomic E-state index is -0.650. The summed E-state index contributed by atoms with van der Waals surface area (Å²) in [5, 5.41) is 11.0. The van der Waals surface area contributed by atoms with Crippen LogP contribution in [0.15, 0.2) is 47.5 Å². The van der Waals surface area contributed by atoms with Crippen LogP contribution in [0.4, 0.5) is 5.69 Å². The fraction of sp³-hybridized carbons (Fsp3) is 0.105. The predicted molar refractivity (Wildman–Crippen MR) is 103 cm³/mol. The summed E-state index contributed by atoms with van der Waals surface area (Å²) in [6.45, 7) is 0.128. The molecule has 0 spiro atoms. The van der Waals surface area contributed by atoms with Crippen molar-refractivity contribution in [3.63, 3.8) is 0 Å². The molecule has 0 fully saturated rings. The number of rotatable bonds is 4. The van der Waals surface area contributed by atoms with Crippen LogP contribution in [-0.2, 0) is 11.3 Å². The highest BCUT2D eigenvalue weighted by atomic mass is 32.1. The Balaban J connectivity index is 2.17. The van der Waals surface area contributed by atoms with Crippen LogP contribution in [0.1, 0.15) is 20.7 Å². The molecule has 0 aliphatic rings. The monoisotopic (exact) mass is 395 g/mol. The average molecular weight is 395 g/mol. The number of nitro benzene ring substituents is 1. The highest BCUT2D eigenvalue weighted by molar-refractivity contribution is 7.16. The van der Waals surface area contributed by atoms with Crippen molar-refractivity contribution in [3.8, 4) is 12.3 Å². The fourth-order valence-electron chi connectivity index (χ4n) is 2.61. The van der Waals surface area contributed by atoms with Gasteiger partial charge in [0.25, 0.3) is 11.6 Å². The Morgan fingerprint density at radius 3 is 2.64 bits per heavy atom. The molecule has 0 bridgehead atoms. The maximum Gasteiger partial charge on any atom is 0.338 e. The molecule has 0 atom stereocenters. The Labute approximate surface area is 162 Å². The molecule has 0 unspecified atom stereocenters. The molecule has 0 saturated carbocycles. The Bertz CT molecular complexity index is 1220. The number of fused-ring (bicyclic) bond motifs is 1. The van der Waals surface area contributed by atoms with Crippen LogP contribution < -0.4 is 4.80 Å². The third kappa shape index (κ3) is 3.54. The van der Waals surface area contributed by atoms with E-state index in [2.05, 4.69) is 10.9 Å². The Morgan fingerprint density at radius 1 is 1.29 bits per heavy atom. The summed E-state index contributed by atoms with van der Waals surface area (Å²) in [5.74, 6) is 1.19. The lowest BCUT2D eigenvalue weighted by atomic mass is 10.1. The van der Waals surface area contributed by atoms with E-state index >= 15 is 0 Å². The number of methoxy groups -OCH3 is 1. The summed E-state index contributed by atoms with van der Waals surface area (Å²) in [6, 6.07) is 10.5. The van der Waals surface area contributed by atoms with Gasteiger partial charge in [0.15, 0.2) is 4.80 Å². The van der Waals surface area contributed by atoms with Crippen LogP contribution in [0, 0.1) is 22.5 Å². The number of nitro groups is 1. The van der Waals surface area contributed by atoms with Crippen LogP contribution in [0.25, 0.3) is 10.2 Å². The highest BCUT2D eigenvalue weighted by Crippen LogP contribution is 2.23. The molecule has 3 rings (SSSR count). The van der Waals surface area contributed by atoms with Crippen LogP contribution in [0.3, 0.4) is 0 Å². The Hall–Kier alpha value is -3.77. The third-order valence-electron chi connectivity index (χ3n) is 3.89. The molecular formula is C19H13N3O5S. The van der Waals surface area contributed by atoms with Gasteiger partial charge in [-0.3, -0.25) is 14.9 Å². The molecule has 0 saturated heterocycles. The number of thiazole rings is 1. The first-order valence-corrected chi connectivity index (χ1v) is 8.75. The van der Waals surface area contributed by atoms with Crippen molar-refractivity contribution in [2.45, 2.75) is 6.54 Å². The zero-order valence-corrected chi connectivity index (χ0v) is 15.4. The van der Waals surface area contributed by atoms with Gasteiger partial charge in [-0.05, 0) is 18.2 Å². The van der Waals surface area contributed by atoms with Gasteiger partial charge in [0.1, 0.15) is 0 Å². The predicted octanol–water partition coefficient (Wildman–Crippen LogP) is 2.77. The smallest absolute Gasteiger partial charge is 0.338 e. The van der Waals surface area contributed by atoms with E-state index in [9.17, 15) is 19.7 Å². The van der Waals surface area contributed by atoms with Crippen LogP contribution in [0.5, 0.6) is 0 Å². The second kappa shape index (κ2) is 7.85. The fourth-order valence-corrected chi connectivity index (χ4v) is 3.67. The number of aromatic nitrogens is 1. The van der Waals surface area contributed by atoms with Crippen molar-refractivity contribution in [1.29, 1.82) is 0 Å². The second-order valence-corrected chi connectivity index (χ2v) is 6.55. The van der Waals surface area contributed by atoms with Crippen molar-refractivity contribution in [2.24, 2.45) is 4.99 Å². The van der Waals surface area contributed by atoms with Gasteiger partial charge in [-0.1, -0.05) is 29.4 Å². The molecular weight excluding hydrogens is 382 g/mol. The van der Waals surface area contributed by atoms with E-state index in [1.165, 1.54) is 31.4 Å². The topological polar surface area (TPSA) is 104 Å². The highest BCUT2D eigenvalue weighted by Gasteiger charge is 2.18. The number of non-ortho nitro benzene ring substituents is 1. The first-order valence-electron chi connectivity index (χ1n) is 7.94. The number of hydrogen-bond acceptors (Lipinski definition) is 6. The molecule has 140 valence electrons. The summed E-state index contributed by atoms with van der Waals surface area (Å²) < 4.78 is 6.88. The molecule has 0 aliphatic carbocycles. The summed E-state index contributed by atoms with van der Waals surface area (Å²) >= 11 is 1.10. The van der Waals surface area contributed by atoms with Crippen molar-refractivity contribution in [3.05, 3.63) is 68.5 Å². The van der Waals surface area contributed by atoms with Gasteiger partial charge < -0.3 is 9.30 Å². The summed E-state index contributed by atoms with van der Waals surface area (Å²) in [6.07, 6.45) is 5.42. The van der Waals surface area contributed by atoms with Gasteiger partial charge in [0, 0.05) is 12.1 Å². The standard InChI is InChI=1S/C19H13N3O5S/c1-3-10-21-15-9-8-12(22(25)26)11-16(15)28-19(21)20-17(23)13-6-4-5-7-14(13)18(24)27-2/h1,4-9,11H,10H2,2H3. The van der Waals surface area contributed by atoms with Gasteiger partial charge in [-0.15, -0.1) is 6.42 Å². The number of carbonyl (C=O) groups excluding carboxylic acids is 2. The van der Waals surface area contributed by atoms with E-state index in [1.807, 2.05) is 0 Å². The maximum atomic E-state index is 12.7. The first kappa shape index (κ1) is 19.0. The zero-order valence-electron chi connectivity index (χ0n) is 14.6. The number of carbonyl (C=O) groups is 2. The van der Waals surface area contributed by atoms with Crippen molar-refractivity contribution in [2.75, 3.05) is 7.11 Å². The number of benzene rings is 2. The zero-order chi connectivity index (χ0) is 20.3. The Morgan fingerprint density at radius 2 is 2.00 bits per heavy atom. The molecule has 1 amide bonds. The molecule has 28 heavy (non-hydrogen) atoms. The van der Waals surface area contributed by atoms with Gasteiger partial charge in [-0.25, -0.2) is 4.79 Å². The first-order chi connectivity index (χ1) is 13.5. The number of ether oxygens (including phenoxy) is 1. The molecule has 8 nitrogen and oxygen atoms in total. The van der Waals surface area contributed by atoms with Gasteiger partial charge in [0.05, 0.1) is 39.9 Å². The van der Waals surface area contributed by atoms with E-state index in [0.717, 1.165) is 11.3 Å². The number of nitrogens with zero attached hydrogens (tertiary/aromatic N) is 3. The van der Waals surface area contributed by atoms with E-state index < -0.39 is 16.8 Å². The number of amides is 1. The van der Waals surface area contributed by atoms with Crippen LogP contribution in [-0.4, -0.2) is 28.5 Å². The largest absolute Gasteiger partial charge is 0.465 e. The molecule has 1 aromatic heterocycles. The van der Waals surface area contributed by atoms with E-state index in [-0.39, 0.29) is 28.2 Å². The Kier molecular flexibility index (Phi) is 5.33. The van der Waals surface area contributed by atoms with Crippen LogP contribution >= 0.6 is 11.3 Å². The van der Waals surface area contributed by atoms with Gasteiger partial charge >= 0.3 is 5.97 Å². The molecule has 1 heterocycles. The lowest BCUT2D eigenvalue weighted by Crippen LogP contribution is -2.17. The van der Waals surface area contributed by atoms with Gasteiger partial charge in [0.2, 0.25) is 0 Å². The number of esters is 1. The van der Waals surface area contributed by atoms with Crippen LogP contribution in [0.2, 0.25) is 0 Å². The van der Waals surface area contributed by atoms with E-state index in [1.54, 1.807) is 22.8 Å². The third-order valence-corrected chi connectivity index (χ3v) is 4.93. The molecule has 0 radical (unpaired) electrons. The maximum absolute atomic E-state index is 12.7. The molecule has 9 heteroatoms. The normalized spacial score (nSPS) is 11.2. The molecule has 3 aromatic rings. The van der Waals surface area contributed by atoms with Crippen molar-refractivity contribution >= 4 is 39.1 Å². The van der Waals surface area contributed by atoms with Crippen molar-refractivity contribution < 1.29 is 19.2 Å². The summed E-state index contributed by atoms with van der Waals surface area (Å²) in [4.78, 5) is 39.5. The van der Waals surface area contributed by atoms with Crippen molar-refractivity contribution in [1.82, 2.24) is 4.57 Å². The minimum Gasteiger partial charge on any atom is -0.465 e. The lowest BCUT2D eigenvalue weighted by molar-refractivity contribution is -0.384. The second-order valence-electron chi connectivity index (χ2n) is 5.54. The lowest BCUT2D eigenvalue weighted by Gasteiger charge is -2.04. The molecule has 2 aromatic carbocycles. The van der Waals surface area contributed by atoms with E-state index in [4.69, 9.17) is 11.2 Å². The molecule has 0 N–H and O–H groups in total. The minimum absolute atomic E-state index is 0.0736. The average Bonchev–Trinajstić information content (AvgIpc) is 3.03. The van der Waals surface area contributed by atoms with E-state index in [0.29, 0.717) is 10.2 Å². The summed E-state index contributed by atoms with van der Waals surface area (Å²) in [7, 11) is 1.22. The van der Waals surface area contributed by atoms with Gasteiger partial charge in [-0.2, -0.15) is 4.99 Å². The molecule has 0 aliphatic heterocycles.